The van der Waals surface area contributed by atoms with E-state index in [2.05, 4.69) is 20.6 Å². The first-order chi connectivity index (χ1) is 9.69. The highest BCUT2D eigenvalue weighted by atomic mass is 16.5. The van der Waals surface area contributed by atoms with E-state index in [1.165, 1.54) is 25.7 Å². The van der Waals surface area contributed by atoms with Crippen molar-refractivity contribution in [2.45, 2.75) is 57.5 Å². The van der Waals surface area contributed by atoms with E-state index in [1.807, 2.05) is 19.9 Å². The van der Waals surface area contributed by atoms with Crippen LogP contribution in [0.2, 0.25) is 0 Å². The Kier molecular flexibility index (Phi) is 3.78. The molecule has 5 nitrogen and oxygen atoms in total. The van der Waals surface area contributed by atoms with Gasteiger partial charge in [-0.25, -0.2) is 4.98 Å². The molecular formula is C15H24N4O. The largest absolute Gasteiger partial charge is 0.478 e. The molecule has 1 aliphatic heterocycles. The molecule has 1 saturated heterocycles. The molecule has 1 aromatic rings. The van der Waals surface area contributed by atoms with Gasteiger partial charge in [-0.3, -0.25) is 0 Å². The maximum Gasteiger partial charge on any atom is 0.226 e. The standard InChI is InChI=1S/C15H24N4O/c1-3-20-13-9-11(2)17-14(19-13)18-12-5-8-16-15(10-12)6-4-7-15/h9,12,16H,3-8,10H2,1-2H3,(H,17,18,19). The SMILES string of the molecule is CCOc1cc(C)nc(NC2CCNC3(CCC3)C2)n1. The van der Waals surface area contributed by atoms with Gasteiger partial charge in [-0.15, -0.1) is 0 Å². The second-order valence-electron chi connectivity index (χ2n) is 6.00. The summed E-state index contributed by atoms with van der Waals surface area (Å²) in [4.78, 5) is 8.92. The maximum atomic E-state index is 5.49. The van der Waals surface area contributed by atoms with Gasteiger partial charge in [0.25, 0.3) is 0 Å². The molecule has 2 fully saturated rings. The van der Waals surface area contributed by atoms with Crippen molar-refractivity contribution in [3.8, 4) is 5.88 Å². The predicted molar refractivity (Wildman–Crippen MR) is 79.2 cm³/mol. The van der Waals surface area contributed by atoms with Crippen LogP contribution in [-0.4, -0.2) is 34.7 Å². The number of anilines is 1. The minimum Gasteiger partial charge on any atom is -0.478 e. The molecule has 0 bridgehead atoms. The van der Waals surface area contributed by atoms with Gasteiger partial charge >= 0.3 is 0 Å². The van der Waals surface area contributed by atoms with Gasteiger partial charge in [-0.05, 0) is 52.5 Å². The molecule has 2 heterocycles. The monoisotopic (exact) mass is 276 g/mol. The molecule has 1 spiro atoms. The van der Waals surface area contributed by atoms with Gasteiger partial charge in [0, 0.05) is 23.3 Å². The summed E-state index contributed by atoms with van der Waals surface area (Å²) in [6.07, 6.45) is 6.28. The number of hydrogen-bond donors (Lipinski definition) is 2. The number of piperidine rings is 1. The lowest BCUT2D eigenvalue weighted by Crippen LogP contribution is -2.58. The molecule has 2 N–H and O–H groups in total. The molecule has 1 aromatic heterocycles. The fourth-order valence-corrected chi connectivity index (χ4v) is 3.27. The van der Waals surface area contributed by atoms with Crippen LogP contribution in [0.5, 0.6) is 5.88 Å². The molecule has 5 heteroatoms. The number of aromatic nitrogens is 2. The van der Waals surface area contributed by atoms with Crippen LogP contribution in [-0.2, 0) is 0 Å². The quantitative estimate of drug-likeness (QED) is 0.883. The van der Waals surface area contributed by atoms with E-state index in [-0.39, 0.29) is 0 Å². The molecule has 0 radical (unpaired) electrons. The van der Waals surface area contributed by atoms with Crippen molar-refractivity contribution in [3.05, 3.63) is 11.8 Å². The van der Waals surface area contributed by atoms with Gasteiger partial charge < -0.3 is 15.4 Å². The second kappa shape index (κ2) is 5.56. The minimum atomic E-state index is 0.391. The molecule has 1 atom stereocenters. The lowest BCUT2D eigenvalue weighted by atomic mass is 9.70. The molecule has 0 amide bonds. The van der Waals surface area contributed by atoms with E-state index in [0.29, 0.717) is 30.0 Å². The Hall–Kier alpha value is -1.36. The summed E-state index contributed by atoms with van der Waals surface area (Å²) in [5.74, 6) is 1.37. The molecule has 2 aliphatic rings. The van der Waals surface area contributed by atoms with Gasteiger partial charge in [-0.2, -0.15) is 4.98 Å². The molecule has 1 unspecified atom stereocenters. The lowest BCUT2D eigenvalue weighted by molar-refractivity contribution is 0.135. The van der Waals surface area contributed by atoms with Crippen molar-refractivity contribution in [1.82, 2.24) is 15.3 Å². The van der Waals surface area contributed by atoms with Gasteiger partial charge in [0.2, 0.25) is 11.8 Å². The third kappa shape index (κ3) is 2.87. The summed E-state index contributed by atoms with van der Waals surface area (Å²) in [6, 6.07) is 2.35. The first-order valence-corrected chi connectivity index (χ1v) is 7.69. The zero-order valence-electron chi connectivity index (χ0n) is 12.4. The molecule has 110 valence electrons. The molecular weight excluding hydrogens is 252 g/mol. The smallest absolute Gasteiger partial charge is 0.226 e. The Bertz CT molecular complexity index is 473. The number of aryl methyl sites for hydroxylation is 1. The van der Waals surface area contributed by atoms with E-state index in [4.69, 9.17) is 4.74 Å². The minimum absolute atomic E-state index is 0.391. The zero-order valence-corrected chi connectivity index (χ0v) is 12.4. The van der Waals surface area contributed by atoms with Crippen LogP contribution in [0.15, 0.2) is 6.07 Å². The normalized spacial score (nSPS) is 24.2. The highest BCUT2D eigenvalue weighted by Crippen LogP contribution is 2.38. The van der Waals surface area contributed by atoms with Crippen molar-refractivity contribution < 1.29 is 4.74 Å². The van der Waals surface area contributed by atoms with Crippen molar-refractivity contribution in [2.75, 3.05) is 18.5 Å². The summed E-state index contributed by atoms with van der Waals surface area (Å²) in [5.41, 5.74) is 1.33. The van der Waals surface area contributed by atoms with Crippen LogP contribution < -0.4 is 15.4 Å². The van der Waals surface area contributed by atoms with Crippen LogP contribution in [0, 0.1) is 6.92 Å². The summed E-state index contributed by atoms with van der Waals surface area (Å²) >= 11 is 0. The molecule has 1 saturated carbocycles. The van der Waals surface area contributed by atoms with Gasteiger partial charge in [0.1, 0.15) is 0 Å². The molecule has 1 aliphatic carbocycles. The van der Waals surface area contributed by atoms with Crippen LogP contribution in [0.25, 0.3) is 0 Å². The predicted octanol–water partition coefficient (Wildman–Crippen LogP) is 2.27. The Morgan fingerprint density at radius 3 is 3.00 bits per heavy atom. The second-order valence-corrected chi connectivity index (χ2v) is 6.00. The first-order valence-electron chi connectivity index (χ1n) is 7.69. The van der Waals surface area contributed by atoms with E-state index >= 15 is 0 Å². The summed E-state index contributed by atoms with van der Waals surface area (Å²) in [6.45, 7) is 5.66. The highest BCUT2D eigenvalue weighted by molar-refractivity contribution is 5.32. The van der Waals surface area contributed by atoms with Crippen LogP contribution in [0.1, 0.15) is 44.7 Å². The number of hydrogen-bond acceptors (Lipinski definition) is 5. The highest BCUT2D eigenvalue weighted by Gasteiger charge is 2.40. The summed E-state index contributed by atoms with van der Waals surface area (Å²) in [5, 5.41) is 7.19. The fourth-order valence-electron chi connectivity index (χ4n) is 3.27. The van der Waals surface area contributed by atoms with Gasteiger partial charge in [0.05, 0.1) is 6.61 Å². The van der Waals surface area contributed by atoms with E-state index < -0.39 is 0 Å². The van der Waals surface area contributed by atoms with Crippen LogP contribution >= 0.6 is 0 Å². The van der Waals surface area contributed by atoms with Crippen molar-refractivity contribution in [3.63, 3.8) is 0 Å². The Morgan fingerprint density at radius 2 is 2.30 bits per heavy atom. The average molecular weight is 276 g/mol. The lowest BCUT2D eigenvalue weighted by Gasteiger charge is -2.48. The van der Waals surface area contributed by atoms with Crippen LogP contribution in [0.4, 0.5) is 5.95 Å². The fraction of sp³-hybridized carbons (Fsp3) is 0.733. The Morgan fingerprint density at radius 1 is 1.45 bits per heavy atom. The molecule has 20 heavy (non-hydrogen) atoms. The third-order valence-electron chi connectivity index (χ3n) is 4.40. The topological polar surface area (TPSA) is 59.1 Å². The third-order valence-corrected chi connectivity index (χ3v) is 4.40. The van der Waals surface area contributed by atoms with E-state index in [0.717, 1.165) is 18.7 Å². The van der Waals surface area contributed by atoms with Crippen molar-refractivity contribution >= 4 is 5.95 Å². The van der Waals surface area contributed by atoms with Crippen molar-refractivity contribution in [1.29, 1.82) is 0 Å². The van der Waals surface area contributed by atoms with Gasteiger partial charge in [-0.1, -0.05) is 0 Å². The number of ether oxygens (including phenoxy) is 1. The van der Waals surface area contributed by atoms with E-state index in [1.54, 1.807) is 0 Å². The van der Waals surface area contributed by atoms with Gasteiger partial charge in [0.15, 0.2) is 0 Å². The number of rotatable bonds is 4. The van der Waals surface area contributed by atoms with E-state index in [9.17, 15) is 0 Å². The summed E-state index contributed by atoms with van der Waals surface area (Å²) in [7, 11) is 0. The van der Waals surface area contributed by atoms with Crippen LogP contribution in [0.3, 0.4) is 0 Å². The molecule has 3 rings (SSSR count). The average Bonchev–Trinajstić information content (AvgIpc) is 2.37. The first kappa shape index (κ1) is 13.6. The maximum absolute atomic E-state index is 5.49. The Balaban J connectivity index is 1.67. The Labute approximate surface area is 120 Å². The zero-order chi connectivity index (χ0) is 14.0. The van der Waals surface area contributed by atoms with Crippen molar-refractivity contribution in [2.24, 2.45) is 0 Å². The summed E-state index contributed by atoms with van der Waals surface area (Å²) < 4.78 is 5.49. The molecule has 0 aromatic carbocycles. The number of nitrogens with zero attached hydrogens (tertiary/aromatic N) is 2. The number of nitrogens with one attached hydrogen (secondary N) is 2.